The fraction of sp³-hybridized carbons (Fsp3) is 0.450. The van der Waals surface area contributed by atoms with E-state index in [9.17, 15) is 0 Å². The van der Waals surface area contributed by atoms with Gasteiger partial charge in [-0.05, 0) is 43.8 Å². The van der Waals surface area contributed by atoms with Crippen LogP contribution in [-0.2, 0) is 19.8 Å². The number of hydrogen-bond acceptors (Lipinski definition) is 0. The van der Waals surface area contributed by atoms with Crippen molar-refractivity contribution in [2.45, 2.75) is 53.3 Å². The Hall–Kier alpha value is -1.63. The number of aromatic nitrogens is 1. The van der Waals surface area contributed by atoms with E-state index in [1.807, 2.05) is 17.7 Å². The third-order valence-electron chi connectivity index (χ3n) is 3.67. The second-order valence-corrected chi connectivity index (χ2v) is 5.48. The minimum absolute atomic E-state index is 0.305. The largest absolute Gasteiger partial charge is 0.212 e. The summed E-state index contributed by atoms with van der Waals surface area (Å²) in [6, 6.07) is 8.06. The Kier molecular flexibility index (Phi) is 3.61. The van der Waals surface area contributed by atoms with E-state index < -0.39 is 12.7 Å². The normalized spacial score (nSPS) is 15.1. The molecule has 0 aliphatic heterocycles. The lowest BCUT2D eigenvalue weighted by Crippen LogP contribution is -2.32. The van der Waals surface area contributed by atoms with Crippen LogP contribution in [-0.4, -0.2) is 0 Å². The Bertz CT molecular complexity index is 782. The number of hydrogen-bond donors (Lipinski definition) is 0. The summed E-state index contributed by atoms with van der Waals surface area (Å²) in [4.78, 5) is 0. The van der Waals surface area contributed by atoms with E-state index in [2.05, 4.69) is 32.0 Å². The van der Waals surface area contributed by atoms with Crippen LogP contribution in [0.25, 0.3) is 11.3 Å². The van der Waals surface area contributed by atoms with Gasteiger partial charge in [-0.2, -0.15) is 0 Å². The van der Waals surface area contributed by atoms with E-state index in [1.165, 1.54) is 5.56 Å². The third-order valence-corrected chi connectivity index (χ3v) is 3.67. The fourth-order valence-electron chi connectivity index (χ4n) is 2.69. The zero-order chi connectivity index (χ0) is 19.0. The van der Waals surface area contributed by atoms with Gasteiger partial charge in [-0.1, -0.05) is 44.4 Å². The van der Waals surface area contributed by atoms with Gasteiger partial charge in [0, 0.05) is 22.7 Å². The highest BCUT2D eigenvalue weighted by atomic mass is 14.9. The van der Waals surface area contributed by atoms with Gasteiger partial charge in [0.15, 0.2) is 6.20 Å². The lowest BCUT2D eigenvalue weighted by atomic mass is 9.96. The highest BCUT2D eigenvalue weighted by Gasteiger charge is 2.16. The summed E-state index contributed by atoms with van der Waals surface area (Å²) in [5.41, 5.74) is 5.16. The topological polar surface area (TPSA) is 3.88 Å². The van der Waals surface area contributed by atoms with Gasteiger partial charge in [0.25, 0.3) is 0 Å². The minimum atomic E-state index is -1.57. The molecule has 0 saturated carbocycles. The number of pyridine rings is 1. The van der Waals surface area contributed by atoms with Gasteiger partial charge in [0.2, 0.25) is 5.69 Å². The molecule has 1 heteroatoms. The Morgan fingerprint density at radius 3 is 2.29 bits per heavy atom. The standard InChI is InChI=1S/C20H28N/c1-6-8-17-13-20(21(5)14-18(17)9-7-2)19-11-10-15(3)12-16(19)4/h10-14H,6-9H2,1-5H3/q+1/i8D2,9D2. The molecule has 1 nitrogen and oxygen atoms in total. The molecule has 2 rings (SSSR count). The zero-order valence-electron chi connectivity index (χ0n) is 17.7. The quantitative estimate of drug-likeness (QED) is 0.701. The smallest absolute Gasteiger partial charge is 0.201 e. The maximum atomic E-state index is 8.42. The average Bonchev–Trinajstić information content (AvgIpc) is 2.55. The Morgan fingerprint density at radius 2 is 1.67 bits per heavy atom. The summed E-state index contributed by atoms with van der Waals surface area (Å²) in [6.45, 7) is 7.70. The van der Waals surface area contributed by atoms with Gasteiger partial charge in [0.1, 0.15) is 7.05 Å². The number of rotatable bonds is 5. The van der Waals surface area contributed by atoms with Crippen molar-refractivity contribution in [3.63, 3.8) is 0 Å². The van der Waals surface area contributed by atoms with Crippen molar-refractivity contribution in [3.05, 3.63) is 52.7 Å². The van der Waals surface area contributed by atoms with Crippen LogP contribution < -0.4 is 4.57 Å². The van der Waals surface area contributed by atoms with E-state index in [0.717, 1.165) is 16.8 Å². The molecule has 0 atom stereocenters. The van der Waals surface area contributed by atoms with Crippen LogP contribution in [0, 0.1) is 13.8 Å². The first-order valence-corrected chi connectivity index (χ1v) is 7.65. The second kappa shape index (κ2) is 6.89. The first-order valence-electron chi connectivity index (χ1n) is 9.65. The van der Waals surface area contributed by atoms with E-state index in [-0.39, 0.29) is 0 Å². The molecule has 1 aromatic carbocycles. The fourth-order valence-corrected chi connectivity index (χ4v) is 2.69. The molecule has 0 aliphatic carbocycles. The predicted molar refractivity (Wildman–Crippen MR) is 90.5 cm³/mol. The van der Waals surface area contributed by atoms with Crippen molar-refractivity contribution in [3.8, 4) is 11.3 Å². The van der Waals surface area contributed by atoms with Gasteiger partial charge in [-0.25, -0.2) is 4.57 Å². The molecule has 0 unspecified atom stereocenters. The summed E-state index contributed by atoms with van der Waals surface area (Å²) in [7, 11) is 1.90. The Balaban J connectivity index is 2.79. The van der Waals surface area contributed by atoms with E-state index in [0.29, 0.717) is 24.0 Å². The predicted octanol–water partition coefficient (Wildman–Crippen LogP) is 4.70. The van der Waals surface area contributed by atoms with Crippen LogP contribution in [0.5, 0.6) is 0 Å². The average molecular weight is 286 g/mol. The highest BCUT2D eigenvalue weighted by molar-refractivity contribution is 5.62. The number of aryl methyl sites for hydroxylation is 5. The maximum Gasteiger partial charge on any atom is 0.212 e. The molecule has 112 valence electrons. The summed E-state index contributed by atoms with van der Waals surface area (Å²) >= 11 is 0. The molecular formula is C20H28N+. The van der Waals surface area contributed by atoms with Gasteiger partial charge < -0.3 is 0 Å². The molecule has 21 heavy (non-hydrogen) atoms. The molecule has 1 aromatic heterocycles. The van der Waals surface area contributed by atoms with Crippen molar-refractivity contribution in [1.29, 1.82) is 0 Å². The first kappa shape index (κ1) is 11.0. The highest BCUT2D eigenvalue weighted by Crippen LogP contribution is 2.24. The monoisotopic (exact) mass is 286 g/mol. The van der Waals surface area contributed by atoms with Gasteiger partial charge in [-0.15, -0.1) is 0 Å². The molecule has 0 N–H and O–H groups in total. The minimum Gasteiger partial charge on any atom is -0.201 e. The van der Waals surface area contributed by atoms with E-state index >= 15 is 0 Å². The first-order chi connectivity index (χ1) is 11.5. The third kappa shape index (κ3) is 3.53. The van der Waals surface area contributed by atoms with Crippen LogP contribution in [0.4, 0.5) is 0 Å². The molecule has 1 heterocycles. The Morgan fingerprint density at radius 1 is 1.00 bits per heavy atom. The van der Waals surface area contributed by atoms with Crippen LogP contribution in [0.1, 0.15) is 54.4 Å². The van der Waals surface area contributed by atoms with Crippen LogP contribution in [0.15, 0.2) is 30.5 Å². The number of nitrogens with zero attached hydrogens (tertiary/aromatic N) is 1. The molecule has 0 amide bonds. The summed E-state index contributed by atoms with van der Waals surface area (Å²) < 4.78 is 35.4. The lowest BCUT2D eigenvalue weighted by Gasteiger charge is -2.11. The van der Waals surface area contributed by atoms with Crippen molar-refractivity contribution in [2.75, 3.05) is 0 Å². The van der Waals surface area contributed by atoms with Gasteiger partial charge in [0.05, 0.1) is 0 Å². The molecule has 0 radical (unpaired) electrons. The van der Waals surface area contributed by atoms with Crippen molar-refractivity contribution in [1.82, 2.24) is 0 Å². The SMILES string of the molecule is [2H]C([2H])(CC)c1cc(-c2ccc(C)cc2C)[n+](C)cc1C([2H])([2H])CC. The zero-order valence-corrected chi connectivity index (χ0v) is 13.7. The molecule has 2 aromatic rings. The van der Waals surface area contributed by atoms with Crippen LogP contribution in [0.2, 0.25) is 0 Å². The van der Waals surface area contributed by atoms with Gasteiger partial charge in [-0.3, -0.25) is 0 Å². The van der Waals surface area contributed by atoms with Crippen molar-refractivity contribution < 1.29 is 10.1 Å². The summed E-state index contributed by atoms with van der Waals surface area (Å²) in [6.07, 6.45) is -0.751. The molecule has 0 aliphatic rings. The van der Waals surface area contributed by atoms with Gasteiger partial charge >= 0.3 is 0 Å². The second-order valence-electron chi connectivity index (χ2n) is 5.48. The van der Waals surface area contributed by atoms with Crippen LogP contribution in [0.3, 0.4) is 0 Å². The number of benzene rings is 1. The van der Waals surface area contributed by atoms with Crippen molar-refractivity contribution in [2.24, 2.45) is 7.05 Å². The van der Waals surface area contributed by atoms with E-state index in [1.54, 1.807) is 20.0 Å². The molecule has 0 spiro atoms. The van der Waals surface area contributed by atoms with Crippen LogP contribution >= 0.6 is 0 Å². The van der Waals surface area contributed by atoms with E-state index in [4.69, 9.17) is 5.48 Å². The summed E-state index contributed by atoms with van der Waals surface area (Å²) in [5, 5.41) is 0. The Labute approximate surface area is 135 Å². The molecule has 0 bridgehead atoms. The molecule has 0 fully saturated rings. The van der Waals surface area contributed by atoms with Crippen molar-refractivity contribution >= 4 is 0 Å². The summed E-state index contributed by atoms with van der Waals surface area (Å²) in [5.74, 6) is 0. The molecular weight excluding hydrogens is 254 g/mol. The molecule has 0 saturated heterocycles. The maximum absolute atomic E-state index is 8.42. The lowest BCUT2D eigenvalue weighted by molar-refractivity contribution is -0.660.